The fourth-order valence-corrected chi connectivity index (χ4v) is 3.85. The van der Waals surface area contributed by atoms with Crippen molar-refractivity contribution < 1.29 is 27.2 Å². The van der Waals surface area contributed by atoms with Crippen molar-refractivity contribution in [1.82, 2.24) is 4.90 Å². The summed E-state index contributed by atoms with van der Waals surface area (Å²) in [5, 5.41) is 0. The summed E-state index contributed by atoms with van der Waals surface area (Å²) in [6, 6.07) is 15.8. The Morgan fingerprint density at radius 1 is 1.06 bits per heavy atom. The van der Waals surface area contributed by atoms with Crippen molar-refractivity contribution in [3.63, 3.8) is 0 Å². The number of nitrogens with zero attached hydrogens (tertiary/aromatic N) is 1. The molecule has 8 nitrogen and oxygen atoms in total. The fourth-order valence-electron chi connectivity index (χ4n) is 2.76. The molecule has 1 heterocycles. The van der Waals surface area contributed by atoms with Crippen LogP contribution in [0.25, 0.3) is 0 Å². The van der Waals surface area contributed by atoms with Crippen LogP contribution in [-0.2, 0) is 26.1 Å². The number of hydrogen-bond donors (Lipinski definition) is 1. The molecule has 162 valence electrons. The molecule has 0 spiro atoms. The molecular formula is C22H22N2O6S. The van der Waals surface area contributed by atoms with Crippen LogP contribution >= 0.6 is 0 Å². The topological polar surface area (TPSA) is 106 Å². The van der Waals surface area contributed by atoms with Crippen molar-refractivity contribution in [3.05, 3.63) is 83.8 Å². The third-order valence-corrected chi connectivity index (χ3v) is 5.75. The van der Waals surface area contributed by atoms with Gasteiger partial charge in [-0.25, -0.2) is 13.2 Å². The molecule has 0 saturated carbocycles. The largest absolute Gasteiger partial charge is 0.467 e. The molecular weight excluding hydrogens is 420 g/mol. The molecule has 0 aliphatic rings. The van der Waals surface area contributed by atoms with Crippen LogP contribution in [0.2, 0.25) is 0 Å². The predicted octanol–water partition coefficient (Wildman–Crippen LogP) is 3.20. The molecule has 0 aliphatic carbocycles. The van der Waals surface area contributed by atoms with Crippen LogP contribution in [0.4, 0.5) is 5.69 Å². The van der Waals surface area contributed by atoms with Crippen LogP contribution < -0.4 is 4.72 Å². The van der Waals surface area contributed by atoms with E-state index in [0.29, 0.717) is 11.4 Å². The maximum atomic E-state index is 12.7. The van der Waals surface area contributed by atoms with Gasteiger partial charge in [-0.1, -0.05) is 18.2 Å². The van der Waals surface area contributed by atoms with Crippen molar-refractivity contribution >= 4 is 27.6 Å². The molecule has 1 aromatic heterocycles. The van der Waals surface area contributed by atoms with Crippen LogP contribution in [0.5, 0.6) is 0 Å². The Morgan fingerprint density at radius 2 is 1.84 bits per heavy atom. The van der Waals surface area contributed by atoms with E-state index in [0.717, 1.165) is 5.56 Å². The molecule has 0 saturated heterocycles. The summed E-state index contributed by atoms with van der Waals surface area (Å²) in [6.45, 7) is 1.61. The highest BCUT2D eigenvalue weighted by Gasteiger charge is 2.19. The molecule has 3 rings (SSSR count). The first kappa shape index (κ1) is 22.1. The summed E-state index contributed by atoms with van der Waals surface area (Å²) >= 11 is 0. The number of esters is 1. The summed E-state index contributed by atoms with van der Waals surface area (Å²) in [6.07, 6.45) is 1.50. The number of likely N-dealkylation sites (N-methyl/N-ethyl adjacent to an activating group) is 1. The van der Waals surface area contributed by atoms with Gasteiger partial charge in [0.05, 0.1) is 23.3 Å². The maximum Gasteiger partial charge on any atom is 0.338 e. The number of carbonyl (C=O) groups excluding carboxylic acids is 2. The van der Waals surface area contributed by atoms with Crippen molar-refractivity contribution in [2.75, 3.05) is 18.4 Å². The number of amides is 1. The third-order valence-electron chi connectivity index (χ3n) is 4.38. The lowest BCUT2D eigenvalue weighted by atomic mass is 10.2. The van der Waals surface area contributed by atoms with E-state index >= 15 is 0 Å². The highest BCUT2D eigenvalue weighted by atomic mass is 32.2. The number of sulfonamides is 1. The quantitative estimate of drug-likeness (QED) is 0.537. The van der Waals surface area contributed by atoms with E-state index in [1.165, 1.54) is 35.4 Å². The molecule has 1 amide bonds. The van der Waals surface area contributed by atoms with Crippen LogP contribution in [0.3, 0.4) is 0 Å². The first-order valence-corrected chi connectivity index (χ1v) is 10.9. The highest BCUT2D eigenvalue weighted by Crippen LogP contribution is 2.18. The average molecular weight is 442 g/mol. The van der Waals surface area contributed by atoms with Gasteiger partial charge in [0.25, 0.3) is 15.9 Å². The Kier molecular flexibility index (Phi) is 6.76. The van der Waals surface area contributed by atoms with E-state index in [-0.39, 0.29) is 17.0 Å². The summed E-state index contributed by atoms with van der Waals surface area (Å²) in [5.41, 5.74) is 1.34. The number of ether oxygens (including phenoxy) is 1. The zero-order valence-electron chi connectivity index (χ0n) is 17.1. The second-order valence-electron chi connectivity index (χ2n) is 6.91. The lowest BCUT2D eigenvalue weighted by molar-refractivity contribution is -0.133. The molecule has 2 aromatic carbocycles. The normalized spacial score (nSPS) is 11.0. The molecule has 1 N–H and O–H groups in total. The monoisotopic (exact) mass is 442 g/mol. The second kappa shape index (κ2) is 9.48. The van der Waals surface area contributed by atoms with Crippen molar-refractivity contribution in [3.8, 4) is 0 Å². The van der Waals surface area contributed by atoms with Gasteiger partial charge in [0.1, 0.15) is 5.76 Å². The minimum Gasteiger partial charge on any atom is -0.467 e. The van der Waals surface area contributed by atoms with Crippen molar-refractivity contribution in [1.29, 1.82) is 0 Å². The zero-order chi connectivity index (χ0) is 22.4. The Bertz CT molecular complexity index is 1170. The number of carbonyl (C=O) groups is 2. The average Bonchev–Trinajstić information content (AvgIpc) is 3.24. The van der Waals surface area contributed by atoms with Gasteiger partial charge in [0.15, 0.2) is 6.61 Å². The SMILES string of the molecule is Cc1cccc(NS(=O)(=O)c2cccc(C(=O)OCC(=O)N(C)Cc3ccco3)c2)c1. The van der Waals surface area contributed by atoms with E-state index in [2.05, 4.69) is 4.72 Å². The number of hydrogen-bond acceptors (Lipinski definition) is 6. The number of benzene rings is 2. The molecule has 0 unspecified atom stereocenters. The Hall–Kier alpha value is -3.59. The van der Waals surface area contributed by atoms with E-state index in [1.807, 2.05) is 13.0 Å². The minimum atomic E-state index is -3.90. The third kappa shape index (κ3) is 5.95. The number of rotatable bonds is 8. The molecule has 9 heteroatoms. The van der Waals surface area contributed by atoms with Crippen molar-refractivity contribution in [2.24, 2.45) is 0 Å². The van der Waals surface area contributed by atoms with Gasteiger partial charge in [-0.15, -0.1) is 0 Å². The molecule has 31 heavy (non-hydrogen) atoms. The molecule has 0 fully saturated rings. The molecule has 0 bridgehead atoms. The van der Waals surface area contributed by atoms with Crippen LogP contribution in [0.1, 0.15) is 21.7 Å². The van der Waals surface area contributed by atoms with Gasteiger partial charge < -0.3 is 14.1 Å². The minimum absolute atomic E-state index is 0.0219. The van der Waals surface area contributed by atoms with Gasteiger partial charge >= 0.3 is 5.97 Å². The summed E-state index contributed by atoms with van der Waals surface area (Å²) in [4.78, 5) is 25.8. The zero-order valence-corrected chi connectivity index (χ0v) is 17.9. The van der Waals surface area contributed by atoms with Gasteiger partial charge in [-0.3, -0.25) is 9.52 Å². The standard InChI is InChI=1S/C22H22N2O6S/c1-16-6-3-8-18(12-16)23-31(27,28)20-10-4-7-17(13-20)22(26)30-15-21(25)24(2)14-19-9-5-11-29-19/h3-13,23H,14-15H2,1-2H3. The van der Waals surface area contributed by atoms with Crippen LogP contribution in [0.15, 0.2) is 76.2 Å². The van der Waals surface area contributed by atoms with Crippen LogP contribution in [-0.4, -0.2) is 38.8 Å². The Balaban J connectivity index is 1.63. The van der Waals surface area contributed by atoms with E-state index in [1.54, 1.807) is 37.4 Å². The summed E-state index contributed by atoms with van der Waals surface area (Å²) in [7, 11) is -2.34. The van der Waals surface area contributed by atoms with E-state index in [4.69, 9.17) is 9.15 Å². The van der Waals surface area contributed by atoms with Gasteiger partial charge in [0.2, 0.25) is 0 Å². The van der Waals surface area contributed by atoms with Gasteiger partial charge in [0, 0.05) is 12.7 Å². The van der Waals surface area contributed by atoms with Crippen molar-refractivity contribution in [2.45, 2.75) is 18.4 Å². The lowest BCUT2D eigenvalue weighted by Crippen LogP contribution is -2.30. The highest BCUT2D eigenvalue weighted by molar-refractivity contribution is 7.92. The summed E-state index contributed by atoms with van der Waals surface area (Å²) in [5.74, 6) is -0.622. The number of aryl methyl sites for hydroxylation is 1. The molecule has 0 radical (unpaired) electrons. The number of furan rings is 1. The first-order chi connectivity index (χ1) is 14.7. The Labute approximate surface area is 180 Å². The second-order valence-corrected chi connectivity index (χ2v) is 8.59. The van der Waals surface area contributed by atoms with E-state index < -0.39 is 28.5 Å². The molecule has 3 aromatic rings. The summed E-state index contributed by atoms with van der Waals surface area (Å²) < 4.78 is 38.0. The van der Waals surface area contributed by atoms with E-state index in [9.17, 15) is 18.0 Å². The predicted molar refractivity (Wildman–Crippen MR) is 114 cm³/mol. The molecule has 0 aliphatic heterocycles. The molecule has 0 atom stereocenters. The Morgan fingerprint density at radius 3 is 2.55 bits per heavy atom. The fraction of sp³-hybridized carbons (Fsp3) is 0.182. The number of nitrogens with one attached hydrogen (secondary N) is 1. The van der Waals surface area contributed by atoms with Gasteiger partial charge in [-0.2, -0.15) is 0 Å². The van der Waals surface area contributed by atoms with Gasteiger partial charge in [-0.05, 0) is 55.0 Å². The first-order valence-electron chi connectivity index (χ1n) is 9.37. The van der Waals surface area contributed by atoms with Crippen LogP contribution in [0, 0.1) is 6.92 Å². The lowest BCUT2D eigenvalue weighted by Gasteiger charge is -2.15. The number of anilines is 1. The smallest absolute Gasteiger partial charge is 0.338 e. The maximum absolute atomic E-state index is 12.7.